The maximum Gasteiger partial charge on any atom is 0.355 e. The minimum absolute atomic E-state index is 0.360. The fraction of sp³-hybridized carbons (Fsp3) is 0.357. The molecule has 0 aliphatic carbocycles. The van der Waals surface area contributed by atoms with Crippen molar-refractivity contribution in [2.75, 3.05) is 0 Å². The van der Waals surface area contributed by atoms with Gasteiger partial charge in [0.15, 0.2) is 0 Å². The Bertz CT molecular complexity index is 542. The van der Waals surface area contributed by atoms with E-state index in [0.717, 1.165) is 0 Å². The highest BCUT2D eigenvalue weighted by molar-refractivity contribution is 5.77. The van der Waals surface area contributed by atoms with Crippen molar-refractivity contribution in [2.45, 2.75) is 32.5 Å². The van der Waals surface area contributed by atoms with Gasteiger partial charge in [-0.3, -0.25) is 0 Å². The van der Waals surface area contributed by atoms with Crippen LogP contribution in [0.4, 0.5) is 5.69 Å². The number of carbonyl (C=O) groups excluding carboxylic acids is 2. The number of aliphatic imine (C=N–C) groups is 1. The highest BCUT2D eigenvalue weighted by atomic mass is 16.7. The van der Waals surface area contributed by atoms with Gasteiger partial charge in [-0.2, -0.15) is 4.99 Å². The van der Waals surface area contributed by atoms with Gasteiger partial charge in [-0.05, 0) is 32.9 Å². The van der Waals surface area contributed by atoms with E-state index in [9.17, 15) is 9.59 Å². The number of hydrogen-bond donors (Lipinski definition) is 0. The monoisotopic (exact) mass is 276 g/mol. The second-order valence-corrected chi connectivity index (χ2v) is 4.95. The standard InChI is InChI=1S/C14H16N2O4/c1-14(2,3)19-13(18)12(20-15-4)10-6-5-7-11(8-10)16-9-17/h5-8,12H,4H2,1-3H3. The van der Waals surface area contributed by atoms with E-state index in [1.54, 1.807) is 39.0 Å². The molecule has 0 N–H and O–H groups in total. The van der Waals surface area contributed by atoms with Crippen LogP contribution in [0, 0.1) is 0 Å². The first-order valence-corrected chi connectivity index (χ1v) is 5.90. The lowest BCUT2D eigenvalue weighted by Gasteiger charge is -2.23. The van der Waals surface area contributed by atoms with Crippen LogP contribution < -0.4 is 0 Å². The molecule has 6 nitrogen and oxygen atoms in total. The van der Waals surface area contributed by atoms with Gasteiger partial charge < -0.3 is 9.57 Å². The Hall–Kier alpha value is -2.46. The Balaban J connectivity index is 3.06. The van der Waals surface area contributed by atoms with Crippen LogP contribution in [0.5, 0.6) is 0 Å². The molecule has 1 aromatic rings. The van der Waals surface area contributed by atoms with Gasteiger partial charge in [-0.25, -0.2) is 9.59 Å². The zero-order chi connectivity index (χ0) is 15.2. The third-order valence-electron chi connectivity index (χ3n) is 2.15. The van der Waals surface area contributed by atoms with Crippen LogP contribution in [-0.2, 0) is 19.2 Å². The summed E-state index contributed by atoms with van der Waals surface area (Å²) in [6.07, 6.45) is 0.370. The van der Waals surface area contributed by atoms with E-state index in [4.69, 9.17) is 9.57 Å². The summed E-state index contributed by atoms with van der Waals surface area (Å²) in [4.78, 5) is 30.8. The van der Waals surface area contributed by atoms with Gasteiger partial charge in [0, 0.05) is 12.3 Å². The summed E-state index contributed by atoms with van der Waals surface area (Å²) in [5, 5.41) is 3.28. The van der Waals surface area contributed by atoms with E-state index >= 15 is 0 Å². The Morgan fingerprint density at radius 2 is 2.10 bits per heavy atom. The number of carbonyl (C=O) groups is 1. The maximum atomic E-state index is 12.1. The second kappa shape index (κ2) is 6.63. The lowest BCUT2D eigenvalue weighted by Crippen LogP contribution is -2.28. The summed E-state index contributed by atoms with van der Waals surface area (Å²) in [5.41, 5.74) is 0.167. The van der Waals surface area contributed by atoms with E-state index in [2.05, 4.69) is 16.9 Å². The van der Waals surface area contributed by atoms with Crippen molar-refractivity contribution >= 4 is 24.5 Å². The van der Waals surface area contributed by atoms with Crippen LogP contribution in [0.2, 0.25) is 0 Å². The Morgan fingerprint density at radius 1 is 1.40 bits per heavy atom. The van der Waals surface area contributed by atoms with E-state index in [1.165, 1.54) is 12.1 Å². The van der Waals surface area contributed by atoms with Crippen molar-refractivity contribution in [3.8, 4) is 0 Å². The fourth-order valence-electron chi connectivity index (χ4n) is 1.48. The molecule has 20 heavy (non-hydrogen) atoms. The summed E-state index contributed by atoms with van der Waals surface area (Å²) >= 11 is 0. The molecule has 0 saturated carbocycles. The van der Waals surface area contributed by atoms with Gasteiger partial charge in [0.05, 0.1) is 5.69 Å². The van der Waals surface area contributed by atoms with Gasteiger partial charge in [0.1, 0.15) is 5.60 Å². The largest absolute Gasteiger partial charge is 0.457 e. The molecule has 0 fully saturated rings. The Morgan fingerprint density at radius 3 is 2.65 bits per heavy atom. The van der Waals surface area contributed by atoms with E-state index in [-0.39, 0.29) is 0 Å². The number of oxime groups is 1. The number of esters is 1. The molecular formula is C14H16N2O4. The Kier molecular flexibility index (Phi) is 5.17. The van der Waals surface area contributed by atoms with Gasteiger partial charge >= 0.3 is 5.97 Å². The zero-order valence-corrected chi connectivity index (χ0v) is 11.6. The average Bonchev–Trinajstić information content (AvgIpc) is 2.34. The molecule has 1 aromatic carbocycles. The molecule has 0 bridgehead atoms. The van der Waals surface area contributed by atoms with Crippen molar-refractivity contribution in [1.29, 1.82) is 0 Å². The highest BCUT2D eigenvalue weighted by Crippen LogP contribution is 2.25. The van der Waals surface area contributed by atoms with E-state index < -0.39 is 17.7 Å². The number of rotatable bonds is 5. The van der Waals surface area contributed by atoms with Crippen molar-refractivity contribution in [3.05, 3.63) is 29.8 Å². The zero-order valence-electron chi connectivity index (χ0n) is 11.6. The molecule has 1 atom stereocenters. The van der Waals surface area contributed by atoms with Crippen LogP contribution in [-0.4, -0.2) is 24.4 Å². The molecule has 0 aliphatic heterocycles. The van der Waals surface area contributed by atoms with Crippen molar-refractivity contribution in [3.63, 3.8) is 0 Å². The summed E-state index contributed by atoms with van der Waals surface area (Å²) in [6, 6.07) is 6.39. The van der Waals surface area contributed by atoms with Crippen LogP contribution in [0.3, 0.4) is 0 Å². The first-order valence-electron chi connectivity index (χ1n) is 5.90. The molecule has 1 rings (SSSR count). The Labute approximate surface area is 117 Å². The van der Waals surface area contributed by atoms with Crippen LogP contribution in [0.15, 0.2) is 34.4 Å². The normalized spacial score (nSPS) is 11.9. The van der Waals surface area contributed by atoms with E-state index in [1.807, 2.05) is 0 Å². The molecular weight excluding hydrogens is 260 g/mol. The summed E-state index contributed by atoms with van der Waals surface area (Å²) in [6.45, 7) is 8.44. The van der Waals surface area contributed by atoms with Crippen LogP contribution in [0.25, 0.3) is 0 Å². The third kappa shape index (κ3) is 4.66. The predicted molar refractivity (Wildman–Crippen MR) is 73.4 cm³/mol. The molecule has 0 radical (unpaired) electrons. The fourth-order valence-corrected chi connectivity index (χ4v) is 1.48. The predicted octanol–water partition coefficient (Wildman–Crippen LogP) is 2.67. The quantitative estimate of drug-likeness (QED) is 0.358. The molecule has 0 amide bonds. The molecule has 106 valence electrons. The topological polar surface area (TPSA) is 77.3 Å². The average molecular weight is 276 g/mol. The SMILES string of the molecule is C=NOC(C(=O)OC(C)(C)C)c1cccc(N=C=O)c1. The maximum absolute atomic E-state index is 12.1. The lowest BCUT2D eigenvalue weighted by molar-refractivity contribution is -0.169. The lowest BCUT2D eigenvalue weighted by atomic mass is 10.1. The van der Waals surface area contributed by atoms with Gasteiger partial charge in [0.2, 0.25) is 12.2 Å². The number of ether oxygens (including phenoxy) is 1. The number of nitrogens with zero attached hydrogens (tertiary/aromatic N) is 2. The van der Waals surface area contributed by atoms with Crippen LogP contribution >= 0.6 is 0 Å². The molecule has 1 unspecified atom stereocenters. The minimum atomic E-state index is -1.06. The van der Waals surface area contributed by atoms with Gasteiger partial charge in [-0.1, -0.05) is 12.1 Å². The molecule has 0 spiro atoms. The molecule has 0 heterocycles. The van der Waals surface area contributed by atoms with Crippen LogP contribution in [0.1, 0.15) is 32.4 Å². The molecule has 0 aliphatic rings. The molecule has 0 aromatic heterocycles. The molecule has 0 saturated heterocycles. The third-order valence-corrected chi connectivity index (χ3v) is 2.15. The first kappa shape index (κ1) is 15.6. The number of hydrogen-bond acceptors (Lipinski definition) is 6. The summed E-state index contributed by atoms with van der Waals surface area (Å²) in [7, 11) is 0. The number of isocyanates is 1. The van der Waals surface area contributed by atoms with Crippen molar-refractivity contribution in [1.82, 2.24) is 0 Å². The van der Waals surface area contributed by atoms with Gasteiger partial charge in [-0.15, -0.1) is 5.16 Å². The van der Waals surface area contributed by atoms with Crippen molar-refractivity contribution in [2.24, 2.45) is 10.1 Å². The first-order chi connectivity index (χ1) is 9.37. The second-order valence-electron chi connectivity index (χ2n) is 4.95. The highest BCUT2D eigenvalue weighted by Gasteiger charge is 2.28. The summed E-state index contributed by atoms with van der Waals surface area (Å²) < 4.78 is 5.25. The summed E-state index contributed by atoms with van der Waals surface area (Å²) in [5.74, 6) is -0.600. The van der Waals surface area contributed by atoms with E-state index in [0.29, 0.717) is 11.3 Å². The van der Waals surface area contributed by atoms with Gasteiger partial charge in [0.25, 0.3) is 0 Å². The minimum Gasteiger partial charge on any atom is -0.457 e. The number of benzene rings is 1. The van der Waals surface area contributed by atoms with Crippen molar-refractivity contribution < 1.29 is 19.2 Å². The smallest absolute Gasteiger partial charge is 0.355 e. The molecule has 6 heteroatoms.